The molecule has 2 aliphatic heterocycles. The standard InChI is InChI=1S/C29H31F3N8O2/c1-17-16-40(13-10-33-17)28(42)27-34-22-6-2-18(3-7-25(41)39-11-8-20(9-12-39)29(30,31)32)14-21(22)26(36-27)35-24-15-23(37-38-24)19-4-5-19/h2,6,14-15,17,19-20,33H,4-5,8-13,16H2,1H3,(H2,34,35,36,37,38). The van der Waals surface area contributed by atoms with Crippen LogP contribution >= 0.6 is 0 Å². The summed E-state index contributed by atoms with van der Waals surface area (Å²) in [6, 6.07) is 7.21. The summed E-state index contributed by atoms with van der Waals surface area (Å²) in [5.74, 6) is 4.71. The number of carbonyl (C=O) groups excluding carboxylic acids is 2. The van der Waals surface area contributed by atoms with Crippen molar-refractivity contribution in [3.63, 3.8) is 0 Å². The minimum Gasteiger partial charge on any atom is -0.333 e. The summed E-state index contributed by atoms with van der Waals surface area (Å²) >= 11 is 0. The molecule has 10 nitrogen and oxygen atoms in total. The molecule has 2 amide bonds. The van der Waals surface area contributed by atoms with Crippen LogP contribution in [0.3, 0.4) is 0 Å². The number of alkyl halides is 3. The first kappa shape index (κ1) is 28.0. The number of nitrogens with one attached hydrogen (secondary N) is 3. The average Bonchev–Trinajstić information content (AvgIpc) is 3.73. The fraction of sp³-hybridized carbons (Fsp3) is 0.483. The molecule has 3 aromatic rings. The Morgan fingerprint density at radius 2 is 1.83 bits per heavy atom. The van der Waals surface area contributed by atoms with Crippen molar-refractivity contribution in [1.82, 2.24) is 35.3 Å². The number of piperazine rings is 1. The van der Waals surface area contributed by atoms with E-state index in [0.717, 1.165) is 18.5 Å². The van der Waals surface area contributed by atoms with E-state index >= 15 is 0 Å². The molecule has 3 aliphatic rings. The quantitative estimate of drug-likeness (QED) is 0.404. The fourth-order valence-corrected chi connectivity index (χ4v) is 5.40. The average molecular weight is 581 g/mol. The zero-order valence-corrected chi connectivity index (χ0v) is 23.1. The van der Waals surface area contributed by atoms with Gasteiger partial charge in [0.2, 0.25) is 5.82 Å². The van der Waals surface area contributed by atoms with Crippen LogP contribution in [0.4, 0.5) is 24.8 Å². The molecule has 4 heterocycles. The largest absolute Gasteiger partial charge is 0.391 e. The minimum absolute atomic E-state index is 0.0203. The Hall–Kier alpha value is -4.18. The number of carbonyl (C=O) groups is 2. The number of anilines is 2. The number of likely N-dealkylation sites (tertiary alicyclic amines) is 1. The summed E-state index contributed by atoms with van der Waals surface area (Å²) in [4.78, 5) is 38.2. The van der Waals surface area contributed by atoms with Gasteiger partial charge in [-0.05, 0) is 50.8 Å². The molecular formula is C29H31F3N8O2. The summed E-state index contributed by atoms with van der Waals surface area (Å²) in [5, 5.41) is 14.5. The molecule has 0 radical (unpaired) electrons. The third-order valence-electron chi connectivity index (χ3n) is 7.96. The van der Waals surface area contributed by atoms with Crippen LogP contribution in [-0.2, 0) is 4.79 Å². The lowest BCUT2D eigenvalue weighted by Gasteiger charge is -2.31. The van der Waals surface area contributed by atoms with E-state index in [0.29, 0.717) is 53.7 Å². The number of H-pyrrole nitrogens is 1. The first-order valence-electron chi connectivity index (χ1n) is 14.2. The zero-order chi connectivity index (χ0) is 29.4. The molecule has 3 fully saturated rings. The summed E-state index contributed by atoms with van der Waals surface area (Å²) in [5.41, 5.74) is 2.05. The number of nitrogens with zero attached hydrogens (tertiary/aromatic N) is 5. The van der Waals surface area contributed by atoms with Crippen molar-refractivity contribution >= 4 is 34.4 Å². The van der Waals surface area contributed by atoms with Gasteiger partial charge in [0.1, 0.15) is 5.82 Å². The van der Waals surface area contributed by atoms with Crippen molar-refractivity contribution in [3.8, 4) is 11.8 Å². The number of halogens is 3. The van der Waals surface area contributed by atoms with E-state index in [1.165, 1.54) is 4.90 Å². The Labute approximate surface area is 240 Å². The van der Waals surface area contributed by atoms with E-state index < -0.39 is 18.0 Å². The SMILES string of the molecule is CC1CN(C(=O)c2nc(Nc3cc(C4CC4)[nH]n3)c3cc(C#CC(=O)N4CCC(C(F)(F)F)CC4)ccc3n2)CCN1. The molecule has 220 valence electrons. The van der Waals surface area contributed by atoms with Crippen LogP contribution in [0.25, 0.3) is 10.9 Å². The van der Waals surface area contributed by atoms with Gasteiger partial charge in [-0.3, -0.25) is 14.7 Å². The highest BCUT2D eigenvalue weighted by Gasteiger charge is 2.41. The molecule has 1 unspecified atom stereocenters. The fourth-order valence-electron chi connectivity index (χ4n) is 5.40. The molecule has 42 heavy (non-hydrogen) atoms. The lowest BCUT2D eigenvalue weighted by molar-refractivity contribution is -0.185. The normalized spacial score (nSPS) is 19.9. The van der Waals surface area contributed by atoms with E-state index in [9.17, 15) is 22.8 Å². The highest BCUT2D eigenvalue weighted by molar-refractivity contribution is 5.98. The first-order chi connectivity index (χ1) is 20.1. The molecule has 1 aromatic carbocycles. The Balaban J connectivity index is 1.27. The van der Waals surface area contributed by atoms with E-state index in [1.54, 1.807) is 23.1 Å². The second kappa shape index (κ2) is 11.2. The maximum absolute atomic E-state index is 13.4. The maximum atomic E-state index is 13.4. The number of amides is 2. The lowest BCUT2D eigenvalue weighted by Crippen LogP contribution is -2.51. The van der Waals surface area contributed by atoms with E-state index in [2.05, 4.69) is 42.6 Å². The number of benzene rings is 1. The van der Waals surface area contributed by atoms with Crippen molar-refractivity contribution in [2.24, 2.45) is 5.92 Å². The van der Waals surface area contributed by atoms with Gasteiger partial charge in [-0.1, -0.05) is 5.92 Å². The van der Waals surface area contributed by atoms with Crippen LogP contribution < -0.4 is 10.6 Å². The molecule has 1 atom stereocenters. The maximum Gasteiger partial charge on any atom is 0.391 e. The molecule has 1 saturated carbocycles. The molecule has 1 aliphatic carbocycles. The van der Waals surface area contributed by atoms with Crippen LogP contribution in [0, 0.1) is 17.8 Å². The van der Waals surface area contributed by atoms with Crippen LogP contribution in [0.2, 0.25) is 0 Å². The number of piperidine rings is 1. The minimum atomic E-state index is -4.25. The van der Waals surface area contributed by atoms with Crippen molar-refractivity contribution in [2.45, 2.75) is 50.7 Å². The molecule has 2 aromatic heterocycles. The monoisotopic (exact) mass is 580 g/mol. The van der Waals surface area contributed by atoms with Crippen molar-refractivity contribution in [3.05, 3.63) is 41.3 Å². The topological polar surface area (TPSA) is 119 Å². The Morgan fingerprint density at radius 3 is 2.55 bits per heavy atom. The van der Waals surface area contributed by atoms with Gasteiger partial charge in [0.05, 0.1) is 11.4 Å². The van der Waals surface area contributed by atoms with Crippen LogP contribution in [0.15, 0.2) is 24.3 Å². The number of aromatic nitrogens is 4. The number of fused-ring (bicyclic) bond motifs is 1. The summed E-state index contributed by atoms with van der Waals surface area (Å²) in [6.45, 7) is 3.83. The van der Waals surface area contributed by atoms with Gasteiger partial charge in [-0.15, -0.1) is 0 Å². The summed E-state index contributed by atoms with van der Waals surface area (Å²) in [7, 11) is 0. The third kappa shape index (κ3) is 6.18. The predicted octanol–water partition coefficient (Wildman–Crippen LogP) is 3.56. The first-order valence-corrected chi connectivity index (χ1v) is 14.2. The van der Waals surface area contributed by atoms with Gasteiger partial charge in [-0.2, -0.15) is 18.3 Å². The van der Waals surface area contributed by atoms with E-state index in [4.69, 9.17) is 0 Å². The van der Waals surface area contributed by atoms with Crippen LogP contribution in [-0.4, -0.2) is 86.7 Å². The lowest BCUT2D eigenvalue weighted by atomic mass is 9.96. The van der Waals surface area contributed by atoms with Crippen molar-refractivity contribution < 1.29 is 22.8 Å². The second-order valence-electron chi connectivity index (χ2n) is 11.2. The van der Waals surface area contributed by atoms with Crippen LogP contribution in [0.1, 0.15) is 60.4 Å². The van der Waals surface area contributed by atoms with Gasteiger partial charge in [0.15, 0.2) is 5.82 Å². The molecule has 0 bridgehead atoms. The number of rotatable bonds is 4. The third-order valence-corrected chi connectivity index (χ3v) is 7.96. The smallest absolute Gasteiger partial charge is 0.333 e. The van der Waals surface area contributed by atoms with Gasteiger partial charge in [-0.25, -0.2) is 9.97 Å². The number of hydrogen-bond acceptors (Lipinski definition) is 7. The summed E-state index contributed by atoms with van der Waals surface area (Å²) in [6.07, 6.45) is -2.27. The second-order valence-corrected chi connectivity index (χ2v) is 11.2. The molecule has 0 spiro atoms. The zero-order valence-electron chi connectivity index (χ0n) is 23.1. The molecule has 6 rings (SSSR count). The highest BCUT2D eigenvalue weighted by Crippen LogP contribution is 2.40. The molecular weight excluding hydrogens is 549 g/mol. The highest BCUT2D eigenvalue weighted by atomic mass is 19.4. The Bertz CT molecular complexity index is 1560. The van der Waals surface area contributed by atoms with Gasteiger partial charge < -0.3 is 20.4 Å². The van der Waals surface area contributed by atoms with E-state index in [-0.39, 0.29) is 43.7 Å². The molecule has 13 heteroatoms. The Morgan fingerprint density at radius 1 is 1.05 bits per heavy atom. The Kier molecular flexibility index (Phi) is 7.49. The number of hydrogen-bond donors (Lipinski definition) is 3. The van der Waals surface area contributed by atoms with Crippen molar-refractivity contribution in [1.29, 1.82) is 0 Å². The van der Waals surface area contributed by atoms with E-state index in [1.807, 2.05) is 13.0 Å². The summed E-state index contributed by atoms with van der Waals surface area (Å²) < 4.78 is 38.9. The van der Waals surface area contributed by atoms with Gasteiger partial charge in [0, 0.05) is 73.3 Å². The predicted molar refractivity (Wildman–Crippen MR) is 149 cm³/mol. The van der Waals surface area contributed by atoms with Crippen molar-refractivity contribution in [2.75, 3.05) is 38.0 Å². The molecule has 2 saturated heterocycles. The molecule has 3 N–H and O–H groups in total. The van der Waals surface area contributed by atoms with Gasteiger partial charge >= 0.3 is 6.18 Å². The van der Waals surface area contributed by atoms with Gasteiger partial charge in [0.25, 0.3) is 11.8 Å². The van der Waals surface area contributed by atoms with Crippen LogP contribution in [0.5, 0.6) is 0 Å². The number of aromatic amines is 1.